The number of aromatic nitrogens is 1. The zero-order valence-electron chi connectivity index (χ0n) is 10.5. The van der Waals surface area contributed by atoms with E-state index < -0.39 is 0 Å². The van der Waals surface area contributed by atoms with Gasteiger partial charge in [0.15, 0.2) is 0 Å². The van der Waals surface area contributed by atoms with Crippen LogP contribution in [0.3, 0.4) is 0 Å². The molecule has 2 aromatic rings. The van der Waals surface area contributed by atoms with E-state index in [9.17, 15) is 4.79 Å². The van der Waals surface area contributed by atoms with Gasteiger partial charge in [0.25, 0.3) is 5.91 Å². The fourth-order valence-electron chi connectivity index (χ4n) is 1.51. The van der Waals surface area contributed by atoms with Crippen LogP contribution in [0, 0.1) is 6.92 Å². The Kier molecular flexibility index (Phi) is 3.74. The fourth-order valence-corrected chi connectivity index (χ4v) is 2.31. The van der Waals surface area contributed by atoms with Crippen molar-refractivity contribution in [3.05, 3.63) is 40.9 Å². The van der Waals surface area contributed by atoms with Crippen LogP contribution >= 0.6 is 11.3 Å². The molecule has 0 aliphatic rings. The van der Waals surface area contributed by atoms with Crippen molar-refractivity contribution in [3.8, 4) is 10.6 Å². The molecular weight excluding hydrogens is 248 g/mol. The molecule has 0 spiro atoms. The van der Waals surface area contributed by atoms with Crippen LogP contribution in [0.4, 0.5) is 0 Å². The number of aryl methyl sites for hydroxylation is 1. The molecule has 0 aliphatic heterocycles. The van der Waals surface area contributed by atoms with Gasteiger partial charge in [-0.2, -0.15) is 0 Å². The number of thiazole rings is 1. The zero-order valence-corrected chi connectivity index (χ0v) is 11.3. The van der Waals surface area contributed by atoms with Crippen LogP contribution in [0.1, 0.15) is 16.1 Å². The fraction of sp³-hybridized carbons (Fsp3) is 0.231. The van der Waals surface area contributed by atoms with Gasteiger partial charge >= 0.3 is 0 Å². The normalized spacial score (nSPS) is 10.4. The van der Waals surface area contributed by atoms with Crippen molar-refractivity contribution in [3.63, 3.8) is 0 Å². The molecule has 18 heavy (non-hydrogen) atoms. The smallest absolute Gasteiger partial charge is 0.274 e. The minimum atomic E-state index is -0.167. The van der Waals surface area contributed by atoms with E-state index in [1.54, 1.807) is 30.5 Å². The molecule has 0 unspecified atom stereocenters. The molecule has 0 fully saturated rings. The summed E-state index contributed by atoms with van der Waals surface area (Å²) < 4.78 is 0. The number of hydrogen-bond donors (Lipinski definition) is 0. The van der Waals surface area contributed by atoms with Crippen LogP contribution < -0.4 is 0 Å². The van der Waals surface area contributed by atoms with Crippen molar-refractivity contribution in [2.75, 3.05) is 14.2 Å². The number of amides is 1. The largest absolute Gasteiger partial charge is 0.277 e. The Hall–Kier alpha value is -1.72. The summed E-state index contributed by atoms with van der Waals surface area (Å²) in [5.41, 5.74) is 2.62. The minimum absolute atomic E-state index is 0.167. The van der Waals surface area contributed by atoms with E-state index in [2.05, 4.69) is 4.98 Å². The number of carbonyl (C=O) groups excluding carboxylic acids is 1. The van der Waals surface area contributed by atoms with Gasteiger partial charge in [-0.3, -0.25) is 9.63 Å². The molecule has 4 nitrogen and oxygen atoms in total. The predicted octanol–water partition coefficient (Wildman–Crippen LogP) is 2.75. The molecule has 1 aromatic heterocycles. The van der Waals surface area contributed by atoms with Gasteiger partial charge in [0.05, 0.1) is 7.11 Å². The first-order valence-electron chi connectivity index (χ1n) is 5.46. The molecule has 0 saturated heterocycles. The van der Waals surface area contributed by atoms with Crippen molar-refractivity contribution < 1.29 is 9.63 Å². The second-order valence-electron chi connectivity index (χ2n) is 3.86. The highest BCUT2D eigenvalue weighted by Crippen LogP contribution is 2.23. The second kappa shape index (κ2) is 5.29. The van der Waals surface area contributed by atoms with Crippen LogP contribution in [-0.4, -0.2) is 30.1 Å². The minimum Gasteiger partial charge on any atom is -0.274 e. The van der Waals surface area contributed by atoms with Crippen molar-refractivity contribution in [1.29, 1.82) is 0 Å². The molecule has 0 atom stereocenters. The van der Waals surface area contributed by atoms with E-state index in [4.69, 9.17) is 4.84 Å². The lowest BCUT2D eigenvalue weighted by molar-refractivity contribution is -0.0756. The van der Waals surface area contributed by atoms with Gasteiger partial charge in [0, 0.05) is 29.2 Å². The molecule has 1 aromatic carbocycles. The summed E-state index contributed by atoms with van der Waals surface area (Å²) in [6.45, 7) is 1.96. The zero-order chi connectivity index (χ0) is 13.1. The highest BCUT2D eigenvalue weighted by molar-refractivity contribution is 7.13. The lowest BCUT2D eigenvalue weighted by Crippen LogP contribution is -2.25. The molecule has 0 saturated carbocycles. The van der Waals surface area contributed by atoms with Gasteiger partial charge in [-0.1, -0.05) is 12.1 Å². The maximum absolute atomic E-state index is 11.8. The molecule has 0 N–H and O–H groups in total. The molecule has 2 rings (SSSR count). The second-order valence-corrected chi connectivity index (χ2v) is 4.71. The standard InChI is InChI=1S/C13H14N2O2S/c1-9-8-18-12(14-9)10-4-6-11(7-5-10)13(16)15(2)17-3/h4-8H,1-3H3. The van der Waals surface area contributed by atoms with Gasteiger partial charge in [-0.15, -0.1) is 11.3 Å². The maximum Gasteiger partial charge on any atom is 0.277 e. The van der Waals surface area contributed by atoms with Gasteiger partial charge in [0.2, 0.25) is 0 Å². The summed E-state index contributed by atoms with van der Waals surface area (Å²) in [6, 6.07) is 7.36. The SMILES string of the molecule is CON(C)C(=O)c1ccc(-c2nc(C)cs2)cc1. The Balaban J connectivity index is 2.23. The van der Waals surface area contributed by atoms with E-state index in [0.717, 1.165) is 16.3 Å². The quantitative estimate of drug-likeness (QED) is 0.799. The third kappa shape index (κ3) is 2.57. The summed E-state index contributed by atoms with van der Waals surface area (Å²) in [7, 11) is 3.05. The number of benzene rings is 1. The molecule has 94 valence electrons. The van der Waals surface area contributed by atoms with Gasteiger partial charge < -0.3 is 0 Å². The van der Waals surface area contributed by atoms with Crippen molar-refractivity contribution in [2.45, 2.75) is 6.92 Å². The lowest BCUT2D eigenvalue weighted by Gasteiger charge is -2.13. The Morgan fingerprint density at radius 3 is 2.50 bits per heavy atom. The summed E-state index contributed by atoms with van der Waals surface area (Å²) in [6.07, 6.45) is 0. The van der Waals surface area contributed by atoms with Crippen molar-refractivity contribution in [1.82, 2.24) is 10.0 Å². The Bertz CT molecular complexity index is 548. The first kappa shape index (κ1) is 12.7. The highest BCUT2D eigenvalue weighted by atomic mass is 32.1. The molecule has 1 amide bonds. The maximum atomic E-state index is 11.8. The molecule has 5 heteroatoms. The van der Waals surface area contributed by atoms with Crippen molar-refractivity contribution in [2.24, 2.45) is 0 Å². The number of hydrogen-bond acceptors (Lipinski definition) is 4. The third-order valence-electron chi connectivity index (χ3n) is 2.56. The third-order valence-corrected chi connectivity index (χ3v) is 3.57. The summed E-state index contributed by atoms with van der Waals surface area (Å²) in [4.78, 5) is 21.1. The van der Waals surface area contributed by atoms with E-state index in [-0.39, 0.29) is 5.91 Å². The molecule has 1 heterocycles. The first-order valence-corrected chi connectivity index (χ1v) is 6.34. The van der Waals surface area contributed by atoms with Crippen LogP contribution in [0.15, 0.2) is 29.6 Å². The number of hydroxylamine groups is 2. The van der Waals surface area contributed by atoms with Crippen LogP contribution in [0.2, 0.25) is 0 Å². The van der Waals surface area contributed by atoms with E-state index in [1.165, 1.54) is 12.2 Å². The Labute approximate surface area is 110 Å². The number of nitrogens with zero attached hydrogens (tertiary/aromatic N) is 2. The van der Waals surface area contributed by atoms with Gasteiger partial charge in [-0.05, 0) is 19.1 Å². The predicted molar refractivity (Wildman–Crippen MR) is 71.4 cm³/mol. The summed E-state index contributed by atoms with van der Waals surface area (Å²) in [5, 5.41) is 4.17. The first-order chi connectivity index (χ1) is 8.61. The number of carbonyl (C=O) groups is 1. The van der Waals surface area contributed by atoms with Gasteiger partial charge in [-0.25, -0.2) is 10.0 Å². The lowest BCUT2D eigenvalue weighted by atomic mass is 10.1. The van der Waals surface area contributed by atoms with E-state index in [0.29, 0.717) is 5.56 Å². The van der Waals surface area contributed by atoms with Crippen LogP contribution in [-0.2, 0) is 4.84 Å². The van der Waals surface area contributed by atoms with Gasteiger partial charge in [0.1, 0.15) is 5.01 Å². The van der Waals surface area contributed by atoms with Crippen LogP contribution in [0.5, 0.6) is 0 Å². The molecule has 0 radical (unpaired) electrons. The monoisotopic (exact) mass is 262 g/mol. The Morgan fingerprint density at radius 1 is 1.33 bits per heavy atom. The van der Waals surface area contributed by atoms with E-state index in [1.807, 2.05) is 24.4 Å². The van der Waals surface area contributed by atoms with E-state index >= 15 is 0 Å². The molecular formula is C13H14N2O2S. The van der Waals surface area contributed by atoms with Crippen LogP contribution in [0.25, 0.3) is 10.6 Å². The summed E-state index contributed by atoms with van der Waals surface area (Å²) in [5.74, 6) is -0.167. The molecule has 0 aliphatic carbocycles. The molecule has 0 bridgehead atoms. The topological polar surface area (TPSA) is 42.4 Å². The average Bonchev–Trinajstić information content (AvgIpc) is 2.84. The average molecular weight is 262 g/mol. The highest BCUT2D eigenvalue weighted by Gasteiger charge is 2.11. The summed E-state index contributed by atoms with van der Waals surface area (Å²) >= 11 is 1.60. The Morgan fingerprint density at radius 2 is 2.00 bits per heavy atom. The number of rotatable bonds is 3. The van der Waals surface area contributed by atoms with Crippen molar-refractivity contribution >= 4 is 17.2 Å².